The van der Waals surface area contributed by atoms with Crippen molar-refractivity contribution in [3.8, 4) is 5.75 Å². The molecule has 31 heavy (non-hydrogen) atoms. The van der Waals surface area contributed by atoms with Gasteiger partial charge in [0, 0.05) is 16.8 Å². The monoisotopic (exact) mass is 437 g/mol. The number of hydrogen-bond donors (Lipinski definition) is 3. The topological polar surface area (TPSA) is 79.5 Å². The van der Waals surface area contributed by atoms with Crippen LogP contribution in [0.25, 0.3) is 0 Å². The van der Waals surface area contributed by atoms with Crippen molar-refractivity contribution in [1.82, 2.24) is 5.32 Å². The van der Waals surface area contributed by atoms with Gasteiger partial charge in [-0.3, -0.25) is 9.59 Å². The number of amides is 2. The van der Waals surface area contributed by atoms with E-state index >= 15 is 0 Å². The summed E-state index contributed by atoms with van der Waals surface area (Å²) in [7, 11) is 1.58. The van der Waals surface area contributed by atoms with Crippen LogP contribution in [-0.2, 0) is 4.79 Å². The maximum absolute atomic E-state index is 12.7. The predicted octanol–water partition coefficient (Wildman–Crippen LogP) is 4.89. The molecule has 0 aliphatic rings. The molecular weight excluding hydrogens is 414 g/mol. The van der Waals surface area contributed by atoms with E-state index in [4.69, 9.17) is 16.3 Å². The maximum atomic E-state index is 12.7. The lowest BCUT2D eigenvalue weighted by Crippen LogP contribution is -2.30. The van der Waals surface area contributed by atoms with Crippen LogP contribution in [0.1, 0.15) is 28.9 Å². The lowest BCUT2D eigenvalue weighted by molar-refractivity contribution is -0.115. The van der Waals surface area contributed by atoms with Gasteiger partial charge in [0.2, 0.25) is 5.91 Å². The number of rotatable bonds is 8. The van der Waals surface area contributed by atoms with Crippen LogP contribution in [0.2, 0.25) is 5.02 Å². The van der Waals surface area contributed by atoms with Crippen molar-refractivity contribution in [2.75, 3.05) is 24.3 Å². The lowest BCUT2D eigenvalue weighted by Gasteiger charge is -2.15. The third-order valence-corrected chi connectivity index (χ3v) is 4.95. The number of halogens is 1. The number of para-hydroxylation sites is 1. The van der Waals surface area contributed by atoms with Crippen LogP contribution in [-0.4, -0.2) is 25.5 Å². The van der Waals surface area contributed by atoms with E-state index in [0.717, 1.165) is 5.56 Å². The van der Waals surface area contributed by atoms with Gasteiger partial charge in [0.05, 0.1) is 24.9 Å². The third-order valence-electron chi connectivity index (χ3n) is 4.71. The Morgan fingerprint density at radius 2 is 1.71 bits per heavy atom. The van der Waals surface area contributed by atoms with E-state index in [2.05, 4.69) is 16.0 Å². The molecule has 0 unspecified atom stereocenters. The van der Waals surface area contributed by atoms with E-state index < -0.39 is 0 Å². The fourth-order valence-electron chi connectivity index (χ4n) is 3.00. The Morgan fingerprint density at radius 1 is 0.968 bits per heavy atom. The molecule has 3 aromatic carbocycles. The molecule has 0 saturated heterocycles. The number of carbonyl (C=O) groups is 2. The van der Waals surface area contributed by atoms with Gasteiger partial charge in [-0.2, -0.15) is 0 Å². The van der Waals surface area contributed by atoms with Gasteiger partial charge in [-0.05, 0) is 61.0 Å². The molecule has 2 amide bonds. The minimum absolute atomic E-state index is 0.0573. The summed E-state index contributed by atoms with van der Waals surface area (Å²) in [6, 6.07) is 21.3. The van der Waals surface area contributed by atoms with Crippen LogP contribution in [0, 0.1) is 0 Å². The fourth-order valence-corrected chi connectivity index (χ4v) is 3.20. The Labute approximate surface area is 186 Å². The molecule has 0 fully saturated rings. The summed E-state index contributed by atoms with van der Waals surface area (Å²) in [6.07, 6.45) is 0. The van der Waals surface area contributed by atoms with Gasteiger partial charge >= 0.3 is 0 Å². The van der Waals surface area contributed by atoms with Gasteiger partial charge in [0.25, 0.3) is 5.91 Å². The summed E-state index contributed by atoms with van der Waals surface area (Å²) >= 11 is 6.03. The molecule has 0 heterocycles. The Balaban J connectivity index is 1.61. The standard InChI is InChI=1S/C24H24ClN3O3/c1-16(17-6-5-7-18(25)14-17)26-15-23(29)28-22-9-4-3-8-21(22)24(30)27-19-10-12-20(31-2)13-11-19/h3-14,16,26H,15H2,1-2H3,(H,27,30)(H,28,29)/t16-/m0/s1. The molecule has 3 aromatic rings. The molecule has 0 aliphatic heterocycles. The van der Waals surface area contributed by atoms with Gasteiger partial charge in [-0.15, -0.1) is 0 Å². The largest absolute Gasteiger partial charge is 0.497 e. The van der Waals surface area contributed by atoms with E-state index in [1.165, 1.54) is 0 Å². The van der Waals surface area contributed by atoms with Gasteiger partial charge < -0.3 is 20.7 Å². The summed E-state index contributed by atoms with van der Waals surface area (Å²) in [5, 5.41) is 9.44. The average molecular weight is 438 g/mol. The molecule has 3 rings (SSSR count). The minimum Gasteiger partial charge on any atom is -0.497 e. The molecule has 160 valence electrons. The van der Waals surface area contributed by atoms with Gasteiger partial charge in [-0.25, -0.2) is 0 Å². The van der Waals surface area contributed by atoms with E-state index in [0.29, 0.717) is 27.7 Å². The first-order valence-corrected chi connectivity index (χ1v) is 10.2. The van der Waals surface area contributed by atoms with Crippen molar-refractivity contribution in [1.29, 1.82) is 0 Å². The second kappa shape index (κ2) is 10.6. The summed E-state index contributed by atoms with van der Waals surface area (Å²) in [6.45, 7) is 2.04. The molecule has 0 bridgehead atoms. The number of anilines is 2. The Bertz CT molecular complexity index is 1050. The minimum atomic E-state index is -0.318. The molecular formula is C24H24ClN3O3. The summed E-state index contributed by atoms with van der Waals surface area (Å²) in [5.74, 6) is 0.130. The van der Waals surface area contributed by atoms with Gasteiger partial charge in [0.1, 0.15) is 5.75 Å². The maximum Gasteiger partial charge on any atom is 0.257 e. The number of hydrogen-bond acceptors (Lipinski definition) is 4. The molecule has 0 aliphatic carbocycles. The van der Waals surface area contributed by atoms with Crippen LogP contribution >= 0.6 is 11.6 Å². The summed E-state index contributed by atoms with van der Waals surface area (Å²) in [5.41, 5.74) is 2.42. The molecule has 0 radical (unpaired) electrons. The zero-order chi connectivity index (χ0) is 22.2. The molecule has 0 spiro atoms. The first-order valence-electron chi connectivity index (χ1n) is 9.79. The highest BCUT2D eigenvalue weighted by Gasteiger charge is 2.14. The zero-order valence-corrected chi connectivity index (χ0v) is 18.1. The SMILES string of the molecule is COc1ccc(NC(=O)c2ccccc2NC(=O)CN[C@@H](C)c2cccc(Cl)c2)cc1. The fraction of sp³-hybridized carbons (Fsp3) is 0.167. The first-order chi connectivity index (χ1) is 15.0. The normalized spacial score (nSPS) is 11.5. The molecule has 0 saturated carbocycles. The Hall–Kier alpha value is -3.35. The number of methoxy groups -OCH3 is 1. The van der Waals surface area contributed by atoms with E-state index in [-0.39, 0.29) is 24.4 Å². The van der Waals surface area contributed by atoms with Crippen LogP contribution in [0.15, 0.2) is 72.8 Å². The Morgan fingerprint density at radius 3 is 2.42 bits per heavy atom. The first kappa shape index (κ1) is 22.3. The van der Waals surface area contributed by atoms with Crippen LogP contribution < -0.4 is 20.7 Å². The summed E-state index contributed by atoms with van der Waals surface area (Å²) < 4.78 is 5.12. The van der Waals surface area contributed by atoms with E-state index in [1.807, 2.05) is 25.1 Å². The van der Waals surface area contributed by atoms with Crippen molar-refractivity contribution in [2.24, 2.45) is 0 Å². The number of ether oxygens (including phenoxy) is 1. The highest BCUT2D eigenvalue weighted by Crippen LogP contribution is 2.20. The Kier molecular flexibility index (Phi) is 7.65. The zero-order valence-electron chi connectivity index (χ0n) is 17.3. The molecule has 1 atom stereocenters. The van der Waals surface area contributed by atoms with Gasteiger partial charge in [-0.1, -0.05) is 35.9 Å². The van der Waals surface area contributed by atoms with Gasteiger partial charge in [0.15, 0.2) is 0 Å². The van der Waals surface area contributed by atoms with Crippen LogP contribution in [0.3, 0.4) is 0 Å². The van der Waals surface area contributed by atoms with E-state index in [1.54, 1.807) is 61.7 Å². The highest BCUT2D eigenvalue weighted by atomic mass is 35.5. The number of benzene rings is 3. The van der Waals surface area contributed by atoms with Crippen molar-refractivity contribution in [3.63, 3.8) is 0 Å². The third kappa shape index (κ3) is 6.31. The van der Waals surface area contributed by atoms with Crippen LogP contribution in [0.4, 0.5) is 11.4 Å². The second-order valence-corrected chi connectivity index (χ2v) is 7.37. The molecule has 6 nitrogen and oxygen atoms in total. The summed E-state index contributed by atoms with van der Waals surface area (Å²) in [4.78, 5) is 25.2. The van der Waals surface area contributed by atoms with Crippen molar-refractivity contribution < 1.29 is 14.3 Å². The number of carbonyl (C=O) groups excluding carboxylic acids is 2. The van der Waals surface area contributed by atoms with Crippen LogP contribution in [0.5, 0.6) is 5.75 Å². The second-order valence-electron chi connectivity index (χ2n) is 6.93. The predicted molar refractivity (Wildman–Crippen MR) is 124 cm³/mol. The van der Waals surface area contributed by atoms with Crippen molar-refractivity contribution >= 4 is 34.8 Å². The smallest absolute Gasteiger partial charge is 0.257 e. The lowest BCUT2D eigenvalue weighted by atomic mass is 10.1. The highest BCUT2D eigenvalue weighted by molar-refractivity contribution is 6.30. The molecule has 7 heteroatoms. The molecule has 3 N–H and O–H groups in total. The quantitative estimate of drug-likeness (QED) is 0.468. The van der Waals surface area contributed by atoms with Crippen molar-refractivity contribution in [3.05, 3.63) is 88.9 Å². The number of nitrogens with one attached hydrogen (secondary N) is 3. The van der Waals surface area contributed by atoms with Crippen molar-refractivity contribution in [2.45, 2.75) is 13.0 Å². The molecule has 0 aromatic heterocycles. The average Bonchev–Trinajstić information content (AvgIpc) is 2.78. The van der Waals surface area contributed by atoms with E-state index in [9.17, 15) is 9.59 Å².